The second-order valence-electron chi connectivity index (χ2n) is 3.86. The maximum Gasteiger partial charge on any atom is 0.223 e. The van der Waals surface area contributed by atoms with Crippen LogP contribution in [0.2, 0.25) is 0 Å². The Kier molecular flexibility index (Phi) is 6.34. The number of aliphatic imine (C=N–C) groups is 1. The average molecular weight is 243 g/mol. The quantitative estimate of drug-likeness (QED) is 0.144. The predicted octanol–water partition coefficient (Wildman–Crippen LogP) is -1.43. The highest BCUT2D eigenvalue weighted by atomic mass is 16.5. The molecule has 1 fully saturated rings. The van der Waals surface area contributed by atoms with Crippen LogP contribution in [0.5, 0.6) is 0 Å². The fraction of sp³-hybridized carbons (Fsp3) is 0.800. The van der Waals surface area contributed by atoms with Crippen molar-refractivity contribution in [2.24, 2.45) is 16.8 Å². The Morgan fingerprint density at radius 3 is 2.71 bits per heavy atom. The Morgan fingerprint density at radius 1 is 1.41 bits per heavy atom. The van der Waals surface area contributed by atoms with Gasteiger partial charge in [-0.2, -0.15) is 0 Å². The molecule has 1 saturated carbocycles. The summed E-state index contributed by atoms with van der Waals surface area (Å²) in [4.78, 5) is 15.4. The number of amides is 1. The topological polar surface area (TPSA) is 101 Å². The van der Waals surface area contributed by atoms with E-state index in [-0.39, 0.29) is 11.8 Å². The van der Waals surface area contributed by atoms with Crippen molar-refractivity contribution in [2.75, 3.05) is 33.4 Å². The Labute approximate surface area is 101 Å². The molecule has 0 aromatic carbocycles. The summed E-state index contributed by atoms with van der Waals surface area (Å²) in [6.45, 7) is 2.25. The number of nitrogens with one attached hydrogen (secondary N) is 3. The summed E-state index contributed by atoms with van der Waals surface area (Å²) in [5.41, 5.74) is 2.45. The SMILES string of the molecule is COCCN=C(NN)NCCNC(=O)C1CC1. The van der Waals surface area contributed by atoms with Gasteiger partial charge in [0.25, 0.3) is 0 Å². The van der Waals surface area contributed by atoms with Crippen molar-refractivity contribution in [3.05, 3.63) is 0 Å². The molecule has 1 aliphatic carbocycles. The minimum absolute atomic E-state index is 0.144. The molecular weight excluding hydrogens is 222 g/mol. The van der Waals surface area contributed by atoms with Crippen molar-refractivity contribution in [1.29, 1.82) is 0 Å². The van der Waals surface area contributed by atoms with Crippen molar-refractivity contribution in [3.8, 4) is 0 Å². The molecule has 1 rings (SSSR count). The van der Waals surface area contributed by atoms with E-state index in [0.717, 1.165) is 12.8 Å². The molecule has 0 aromatic heterocycles. The number of methoxy groups -OCH3 is 1. The number of hydrogen-bond acceptors (Lipinski definition) is 4. The summed E-state index contributed by atoms with van der Waals surface area (Å²) >= 11 is 0. The minimum atomic E-state index is 0.144. The first-order chi connectivity index (χ1) is 8.27. The lowest BCUT2D eigenvalue weighted by Crippen LogP contribution is -2.44. The van der Waals surface area contributed by atoms with Crippen LogP contribution in [0.25, 0.3) is 0 Å². The Hall–Kier alpha value is -1.34. The standard InChI is InChI=1S/C10H21N5O2/c1-17-7-6-14-10(15-11)13-5-4-12-9(16)8-2-3-8/h8H,2-7,11H2,1H3,(H,12,16)(H2,13,14,15). The zero-order chi connectivity index (χ0) is 12.5. The van der Waals surface area contributed by atoms with E-state index < -0.39 is 0 Å². The van der Waals surface area contributed by atoms with Gasteiger partial charge in [0.05, 0.1) is 13.2 Å². The lowest BCUT2D eigenvalue weighted by Gasteiger charge is -2.09. The molecule has 7 heteroatoms. The van der Waals surface area contributed by atoms with E-state index >= 15 is 0 Å². The van der Waals surface area contributed by atoms with E-state index in [0.29, 0.717) is 32.2 Å². The van der Waals surface area contributed by atoms with Gasteiger partial charge in [-0.3, -0.25) is 10.2 Å². The van der Waals surface area contributed by atoms with E-state index in [4.69, 9.17) is 10.6 Å². The molecule has 1 amide bonds. The Morgan fingerprint density at radius 2 is 2.12 bits per heavy atom. The third-order valence-corrected chi connectivity index (χ3v) is 2.37. The zero-order valence-corrected chi connectivity index (χ0v) is 10.2. The lowest BCUT2D eigenvalue weighted by atomic mass is 10.4. The van der Waals surface area contributed by atoms with Gasteiger partial charge in [-0.15, -0.1) is 0 Å². The summed E-state index contributed by atoms with van der Waals surface area (Å²) in [6.07, 6.45) is 2.04. The molecule has 0 heterocycles. The molecule has 98 valence electrons. The molecule has 1 aliphatic rings. The monoisotopic (exact) mass is 243 g/mol. The van der Waals surface area contributed by atoms with Crippen molar-refractivity contribution in [3.63, 3.8) is 0 Å². The number of ether oxygens (including phenoxy) is 1. The summed E-state index contributed by atoms with van der Waals surface area (Å²) in [7, 11) is 1.62. The van der Waals surface area contributed by atoms with Gasteiger partial charge in [0.2, 0.25) is 11.9 Å². The van der Waals surface area contributed by atoms with E-state index in [1.165, 1.54) is 0 Å². The normalized spacial score (nSPS) is 15.5. The third kappa shape index (κ3) is 6.08. The Balaban J connectivity index is 2.05. The van der Waals surface area contributed by atoms with Gasteiger partial charge in [0.15, 0.2) is 0 Å². The molecule has 5 N–H and O–H groups in total. The number of guanidine groups is 1. The van der Waals surface area contributed by atoms with Crippen LogP contribution in [0.15, 0.2) is 4.99 Å². The van der Waals surface area contributed by atoms with E-state index in [9.17, 15) is 4.79 Å². The van der Waals surface area contributed by atoms with Gasteiger partial charge in [-0.25, -0.2) is 10.8 Å². The summed E-state index contributed by atoms with van der Waals surface area (Å²) < 4.78 is 4.87. The smallest absolute Gasteiger partial charge is 0.223 e. The van der Waals surface area contributed by atoms with Crippen LogP contribution >= 0.6 is 0 Å². The minimum Gasteiger partial charge on any atom is -0.383 e. The second-order valence-corrected chi connectivity index (χ2v) is 3.86. The van der Waals surface area contributed by atoms with Crippen LogP contribution in [0.1, 0.15) is 12.8 Å². The predicted molar refractivity (Wildman–Crippen MR) is 65.2 cm³/mol. The number of hydrazine groups is 1. The molecule has 0 atom stereocenters. The molecule has 0 spiro atoms. The number of carbonyl (C=O) groups excluding carboxylic acids is 1. The van der Waals surface area contributed by atoms with Gasteiger partial charge in [-0.05, 0) is 12.8 Å². The average Bonchev–Trinajstić information content (AvgIpc) is 3.16. The molecule has 0 saturated heterocycles. The van der Waals surface area contributed by atoms with Gasteiger partial charge in [-0.1, -0.05) is 0 Å². The molecule has 0 aromatic rings. The molecule has 17 heavy (non-hydrogen) atoms. The number of rotatable bonds is 7. The number of carbonyl (C=O) groups is 1. The van der Waals surface area contributed by atoms with Crippen molar-refractivity contribution < 1.29 is 9.53 Å². The number of nitrogens with two attached hydrogens (primary N) is 1. The molecular formula is C10H21N5O2. The van der Waals surface area contributed by atoms with Gasteiger partial charge in [0, 0.05) is 26.1 Å². The van der Waals surface area contributed by atoms with E-state index in [1.807, 2.05) is 0 Å². The highest BCUT2D eigenvalue weighted by Gasteiger charge is 2.28. The molecule has 0 radical (unpaired) electrons. The maximum absolute atomic E-state index is 11.3. The first-order valence-corrected chi connectivity index (χ1v) is 5.79. The van der Waals surface area contributed by atoms with Crippen LogP contribution in [-0.4, -0.2) is 45.2 Å². The van der Waals surface area contributed by atoms with E-state index in [1.54, 1.807) is 7.11 Å². The fourth-order valence-corrected chi connectivity index (χ4v) is 1.26. The molecule has 0 bridgehead atoms. The maximum atomic E-state index is 11.3. The molecule has 0 unspecified atom stereocenters. The van der Waals surface area contributed by atoms with Crippen LogP contribution in [0.4, 0.5) is 0 Å². The fourth-order valence-electron chi connectivity index (χ4n) is 1.26. The Bertz CT molecular complexity index is 265. The summed E-state index contributed by atoms with van der Waals surface area (Å²) in [5, 5.41) is 5.83. The second kappa shape index (κ2) is 7.86. The van der Waals surface area contributed by atoms with Crippen molar-refractivity contribution in [1.82, 2.24) is 16.1 Å². The van der Waals surface area contributed by atoms with Crippen LogP contribution < -0.4 is 21.9 Å². The summed E-state index contributed by atoms with van der Waals surface area (Å²) in [6, 6.07) is 0. The van der Waals surface area contributed by atoms with E-state index in [2.05, 4.69) is 21.1 Å². The first-order valence-electron chi connectivity index (χ1n) is 5.79. The zero-order valence-electron chi connectivity index (χ0n) is 10.2. The van der Waals surface area contributed by atoms with Crippen molar-refractivity contribution >= 4 is 11.9 Å². The number of hydrogen-bond donors (Lipinski definition) is 4. The summed E-state index contributed by atoms with van der Waals surface area (Å²) in [5.74, 6) is 6.18. The largest absolute Gasteiger partial charge is 0.383 e. The van der Waals surface area contributed by atoms with Gasteiger partial charge >= 0.3 is 0 Å². The van der Waals surface area contributed by atoms with Crippen LogP contribution in [0, 0.1) is 5.92 Å². The highest BCUT2D eigenvalue weighted by Crippen LogP contribution is 2.28. The van der Waals surface area contributed by atoms with Gasteiger partial charge in [0.1, 0.15) is 0 Å². The molecule has 7 nitrogen and oxygen atoms in total. The van der Waals surface area contributed by atoms with Crippen molar-refractivity contribution in [2.45, 2.75) is 12.8 Å². The molecule has 0 aliphatic heterocycles. The number of nitrogens with zero attached hydrogens (tertiary/aromatic N) is 1. The van der Waals surface area contributed by atoms with Crippen LogP contribution in [0.3, 0.4) is 0 Å². The lowest BCUT2D eigenvalue weighted by molar-refractivity contribution is -0.122. The highest BCUT2D eigenvalue weighted by molar-refractivity contribution is 5.81. The third-order valence-electron chi connectivity index (χ3n) is 2.37. The van der Waals surface area contributed by atoms with Gasteiger partial charge < -0.3 is 15.4 Å². The van der Waals surface area contributed by atoms with Crippen LogP contribution in [-0.2, 0) is 9.53 Å². The first kappa shape index (κ1) is 13.7.